The number of fused-ring (bicyclic) bond motifs is 1. The highest BCUT2D eigenvalue weighted by Gasteiger charge is 2.17. The second-order valence-electron chi connectivity index (χ2n) is 4.39. The Bertz CT molecular complexity index is 831. The van der Waals surface area contributed by atoms with Crippen LogP contribution < -0.4 is 5.69 Å². The van der Waals surface area contributed by atoms with Gasteiger partial charge in [0.15, 0.2) is 5.58 Å². The fourth-order valence-electron chi connectivity index (χ4n) is 1.95. The highest BCUT2D eigenvalue weighted by atomic mass is 32.2. The van der Waals surface area contributed by atoms with Crippen LogP contribution in [0.3, 0.4) is 0 Å². The minimum absolute atomic E-state index is 0.135. The van der Waals surface area contributed by atoms with E-state index in [4.69, 9.17) is 9.15 Å². The van der Waals surface area contributed by atoms with Crippen LogP contribution in [0.2, 0.25) is 0 Å². The molecule has 8 heteroatoms. The molecule has 0 aliphatic carbocycles. The number of rotatable bonds is 5. The molecule has 0 saturated carbocycles. The van der Waals surface area contributed by atoms with E-state index in [1.54, 1.807) is 6.92 Å². The molecular weight excluding hydrogens is 306 g/mol. The van der Waals surface area contributed by atoms with Crippen LogP contribution in [0.15, 0.2) is 38.7 Å². The van der Waals surface area contributed by atoms with Gasteiger partial charge in [-0.15, -0.1) is 0 Å². The monoisotopic (exact) mass is 319 g/mol. The van der Waals surface area contributed by atoms with E-state index in [2.05, 4.69) is 15.0 Å². The zero-order valence-corrected chi connectivity index (χ0v) is 12.5. The molecule has 0 unspecified atom stereocenters. The van der Waals surface area contributed by atoms with E-state index in [0.29, 0.717) is 22.3 Å². The number of nitrogens with zero attached hydrogens (tertiary/aromatic N) is 1. The molecule has 22 heavy (non-hydrogen) atoms. The van der Waals surface area contributed by atoms with Gasteiger partial charge in [-0.2, -0.15) is 0 Å². The first-order valence-electron chi connectivity index (χ1n) is 6.64. The van der Waals surface area contributed by atoms with E-state index in [1.807, 2.05) is 24.3 Å². The number of imidazole rings is 1. The average molecular weight is 319 g/mol. The van der Waals surface area contributed by atoms with Crippen LogP contribution >= 0.6 is 11.8 Å². The van der Waals surface area contributed by atoms with Crippen molar-refractivity contribution in [2.24, 2.45) is 0 Å². The van der Waals surface area contributed by atoms with Crippen molar-refractivity contribution in [3.05, 3.63) is 46.1 Å². The highest BCUT2D eigenvalue weighted by molar-refractivity contribution is 7.98. The molecule has 2 N–H and O–H groups in total. The number of nitrogens with one attached hydrogen (secondary N) is 2. The molecule has 3 rings (SSSR count). The van der Waals surface area contributed by atoms with Crippen molar-refractivity contribution in [3.63, 3.8) is 0 Å². The predicted molar refractivity (Wildman–Crippen MR) is 80.9 cm³/mol. The molecule has 0 atom stereocenters. The lowest BCUT2D eigenvalue weighted by Crippen LogP contribution is -2.09. The van der Waals surface area contributed by atoms with Gasteiger partial charge in [0, 0.05) is 5.75 Å². The van der Waals surface area contributed by atoms with Crippen molar-refractivity contribution in [2.75, 3.05) is 6.61 Å². The molecule has 3 aromatic rings. The largest absolute Gasteiger partial charge is 0.461 e. The van der Waals surface area contributed by atoms with E-state index in [1.165, 1.54) is 11.8 Å². The molecule has 2 heterocycles. The quantitative estimate of drug-likeness (QED) is 0.553. The molecule has 0 amide bonds. The number of aromatic nitrogens is 3. The standard InChI is InChI=1S/C14H13N3O4S/c1-2-20-12(18)11-9(15-13(19)17-11)7-22-14-16-8-5-3-4-6-10(8)21-14/h3-6H,2,7H2,1H3,(H2,15,17,19). The lowest BCUT2D eigenvalue weighted by atomic mass is 10.3. The number of benzene rings is 1. The number of carbonyl (C=O) groups excluding carboxylic acids is 1. The molecule has 7 nitrogen and oxygen atoms in total. The number of carbonyl (C=O) groups is 1. The van der Waals surface area contributed by atoms with Crippen molar-refractivity contribution in [1.29, 1.82) is 0 Å². The number of hydrogen-bond donors (Lipinski definition) is 2. The first-order valence-corrected chi connectivity index (χ1v) is 7.62. The Morgan fingerprint density at radius 1 is 1.36 bits per heavy atom. The minimum atomic E-state index is -0.561. The van der Waals surface area contributed by atoms with Gasteiger partial charge < -0.3 is 14.1 Å². The van der Waals surface area contributed by atoms with Crippen LogP contribution in [-0.2, 0) is 10.5 Å². The summed E-state index contributed by atoms with van der Waals surface area (Å²) in [6, 6.07) is 7.42. The lowest BCUT2D eigenvalue weighted by molar-refractivity contribution is 0.0519. The number of oxazole rings is 1. The summed E-state index contributed by atoms with van der Waals surface area (Å²) in [5.74, 6) is -0.228. The molecule has 0 aliphatic heterocycles. The molecular formula is C14H13N3O4S. The van der Waals surface area contributed by atoms with E-state index in [0.717, 1.165) is 5.52 Å². The lowest BCUT2D eigenvalue weighted by Gasteiger charge is -2.01. The Balaban J connectivity index is 1.78. The van der Waals surface area contributed by atoms with Gasteiger partial charge in [-0.3, -0.25) is 4.98 Å². The number of esters is 1. The Hall–Kier alpha value is -2.48. The summed E-state index contributed by atoms with van der Waals surface area (Å²) in [5, 5.41) is 0.470. The molecule has 0 fully saturated rings. The smallest absolute Gasteiger partial charge is 0.356 e. The highest BCUT2D eigenvalue weighted by Crippen LogP contribution is 2.26. The van der Waals surface area contributed by atoms with Gasteiger partial charge in [-0.05, 0) is 19.1 Å². The van der Waals surface area contributed by atoms with E-state index >= 15 is 0 Å². The predicted octanol–water partition coefficient (Wildman–Crippen LogP) is 2.31. The van der Waals surface area contributed by atoms with Gasteiger partial charge in [0.2, 0.25) is 0 Å². The van der Waals surface area contributed by atoms with E-state index < -0.39 is 11.7 Å². The number of aromatic amines is 2. The van der Waals surface area contributed by atoms with Crippen LogP contribution in [0.25, 0.3) is 11.1 Å². The number of para-hydroxylation sites is 2. The van der Waals surface area contributed by atoms with Gasteiger partial charge in [0.25, 0.3) is 5.22 Å². The van der Waals surface area contributed by atoms with Crippen LogP contribution in [0.5, 0.6) is 0 Å². The van der Waals surface area contributed by atoms with Crippen LogP contribution in [0.4, 0.5) is 0 Å². The van der Waals surface area contributed by atoms with Crippen molar-refractivity contribution >= 4 is 28.8 Å². The van der Waals surface area contributed by atoms with Crippen molar-refractivity contribution in [3.8, 4) is 0 Å². The van der Waals surface area contributed by atoms with Crippen molar-refractivity contribution in [2.45, 2.75) is 17.9 Å². The summed E-state index contributed by atoms with van der Waals surface area (Å²) >= 11 is 1.29. The molecule has 0 spiro atoms. The zero-order valence-electron chi connectivity index (χ0n) is 11.7. The van der Waals surface area contributed by atoms with Crippen molar-refractivity contribution in [1.82, 2.24) is 15.0 Å². The fourth-order valence-corrected chi connectivity index (χ4v) is 2.75. The first-order chi connectivity index (χ1) is 10.7. The van der Waals surface area contributed by atoms with Crippen molar-refractivity contribution < 1.29 is 13.9 Å². The number of hydrogen-bond acceptors (Lipinski definition) is 6. The number of H-pyrrole nitrogens is 2. The Morgan fingerprint density at radius 3 is 2.95 bits per heavy atom. The van der Waals surface area contributed by atoms with Gasteiger partial charge in [-0.1, -0.05) is 23.9 Å². The second kappa shape index (κ2) is 6.10. The summed E-state index contributed by atoms with van der Waals surface area (Å²) in [5.41, 5.74) is 1.60. The van der Waals surface area contributed by atoms with Crippen LogP contribution in [0, 0.1) is 0 Å². The van der Waals surface area contributed by atoms with E-state index in [9.17, 15) is 9.59 Å². The molecule has 0 radical (unpaired) electrons. The normalized spacial score (nSPS) is 11.0. The van der Waals surface area contributed by atoms with Gasteiger partial charge in [0.1, 0.15) is 11.2 Å². The minimum Gasteiger partial charge on any atom is -0.461 e. The van der Waals surface area contributed by atoms with Gasteiger partial charge in [-0.25, -0.2) is 14.6 Å². The molecule has 0 aliphatic rings. The third-order valence-corrected chi connectivity index (χ3v) is 3.75. The Kier molecular flexibility index (Phi) is 4.01. The zero-order chi connectivity index (χ0) is 15.5. The molecule has 114 valence electrons. The maximum Gasteiger partial charge on any atom is 0.356 e. The number of ether oxygens (including phenoxy) is 1. The fraction of sp³-hybridized carbons (Fsp3) is 0.214. The van der Waals surface area contributed by atoms with E-state index in [-0.39, 0.29) is 12.3 Å². The maximum atomic E-state index is 11.8. The third-order valence-electron chi connectivity index (χ3n) is 2.90. The summed E-state index contributed by atoms with van der Waals surface area (Å²) in [4.78, 5) is 32.5. The topological polar surface area (TPSA) is 101 Å². The average Bonchev–Trinajstić information content (AvgIpc) is 3.08. The SMILES string of the molecule is CCOC(=O)c1[nH]c(=O)[nH]c1CSc1nc2ccccc2o1. The van der Waals surface area contributed by atoms with Gasteiger partial charge in [0.05, 0.1) is 12.3 Å². The molecule has 0 bridgehead atoms. The summed E-state index contributed by atoms with van der Waals surface area (Å²) in [7, 11) is 0. The third kappa shape index (κ3) is 2.91. The Labute approximate surface area is 129 Å². The van der Waals surface area contributed by atoms with Crippen LogP contribution in [0.1, 0.15) is 23.1 Å². The summed E-state index contributed by atoms with van der Waals surface area (Å²) < 4.78 is 10.5. The first kappa shape index (κ1) is 14.5. The maximum absolute atomic E-state index is 11.8. The molecule has 0 saturated heterocycles. The van der Waals surface area contributed by atoms with Crippen LogP contribution in [-0.4, -0.2) is 27.5 Å². The number of thioether (sulfide) groups is 1. The second-order valence-corrected chi connectivity index (χ2v) is 5.32. The summed E-state index contributed by atoms with van der Waals surface area (Å²) in [6.07, 6.45) is 0. The summed E-state index contributed by atoms with van der Waals surface area (Å²) in [6.45, 7) is 1.94. The molecule has 2 aromatic heterocycles. The molecule has 1 aromatic carbocycles. The van der Waals surface area contributed by atoms with Gasteiger partial charge >= 0.3 is 11.7 Å². The Morgan fingerprint density at radius 2 is 2.18 bits per heavy atom.